The number of nitrogens with zero attached hydrogens (tertiary/aromatic N) is 3. The Labute approximate surface area is 211 Å². The summed E-state index contributed by atoms with van der Waals surface area (Å²) in [4.78, 5) is 22.1. The zero-order chi connectivity index (χ0) is 24.3. The van der Waals surface area contributed by atoms with Crippen LogP contribution in [-0.4, -0.2) is 45.4 Å². The van der Waals surface area contributed by atoms with E-state index in [1.807, 2.05) is 48.7 Å². The van der Waals surface area contributed by atoms with Crippen LogP contribution in [0.25, 0.3) is 28.2 Å². The fourth-order valence-electron chi connectivity index (χ4n) is 4.89. The Kier molecular flexibility index (Phi) is 6.38. The van der Waals surface area contributed by atoms with Gasteiger partial charge in [-0.1, -0.05) is 48.9 Å². The normalized spacial score (nSPS) is 17.7. The van der Waals surface area contributed by atoms with Gasteiger partial charge in [-0.25, -0.2) is 9.97 Å². The molecule has 4 aromatic rings. The molecule has 1 atom stereocenters. The molecule has 2 fully saturated rings. The number of aromatic nitrogens is 3. The SMILES string of the molecule is O=C(NC1CC1)c1ccc(-c2cnc3c(NCCC4CCCCN4)nc(-c4ccccc4)cn23)cc1. The Morgan fingerprint density at radius 2 is 1.83 bits per heavy atom. The lowest BCUT2D eigenvalue weighted by Crippen LogP contribution is -2.35. The van der Waals surface area contributed by atoms with Gasteiger partial charge in [0.2, 0.25) is 0 Å². The van der Waals surface area contributed by atoms with E-state index in [1.165, 1.54) is 19.3 Å². The first-order valence-corrected chi connectivity index (χ1v) is 13.1. The molecule has 7 heteroatoms. The number of anilines is 1. The average Bonchev–Trinajstić information content (AvgIpc) is 3.64. The van der Waals surface area contributed by atoms with Gasteiger partial charge in [0.05, 0.1) is 17.6 Å². The molecule has 3 N–H and O–H groups in total. The van der Waals surface area contributed by atoms with Crippen LogP contribution in [-0.2, 0) is 0 Å². The van der Waals surface area contributed by atoms with Crippen LogP contribution in [0.5, 0.6) is 0 Å². The van der Waals surface area contributed by atoms with Gasteiger partial charge in [-0.15, -0.1) is 0 Å². The number of amides is 1. The molecule has 2 aliphatic rings. The molecule has 3 heterocycles. The monoisotopic (exact) mass is 480 g/mol. The van der Waals surface area contributed by atoms with Gasteiger partial charge in [0.25, 0.3) is 5.91 Å². The van der Waals surface area contributed by atoms with Crippen molar-refractivity contribution in [2.75, 3.05) is 18.4 Å². The van der Waals surface area contributed by atoms with Crippen molar-refractivity contribution >= 4 is 17.4 Å². The first kappa shape index (κ1) is 22.7. The van der Waals surface area contributed by atoms with Gasteiger partial charge in [-0.3, -0.25) is 9.20 Å². The Morgan fingerprint density at radius 1 is 1.00 bits per heavy atom. The molecule has 1 aliphatic heterocycles. The Hall–Kier alpha value is -3.71. The van der Waals surface area contributed by atoms with Gasteiger partial charge >= 0.3 is 0 Å². The van der Waals surface area contributed by atoms with Gasteiger partial charge in [-0.05, 0) is 50.8 Å². The molecule has 1 saturated heterocycles. The van der Waals surface area contributed by atoms with Crippen LogP contribution in [0.2, 0.25) is 0 Å². The van der Waals surface area contributed by atoms with Gasteiger partial charge < -0.3 is 16.0 Å². The summed E-state index contributed by atoms with van der Waals surface area (Å²) < 4.78 is 2.11. The maximum atomic E-state index is 12.4. The zero-order valence-corrected chi connectivity index (χ0v) is 20.4. The number of rotatable bonds is 8. The van der Waals surface area contributed by atoms with E-state index in [9.17, 15) is 4.79 Å². The highest BCUT2D eigenvalue weighted by Crippen LogP contribution is 2.28. The predicted octanol–water partition coefficient (Wildman–Crippen LogP) is 4.90. The minimum Gasteiger partial charge on any atom is -0.367 e. The molecule has 1 saturated carbocycles. The lowest BCUT2D eigenvalue weighted by atomic mass is 10.0. The molecule has 1 unspecified atom stereocenters. The van der Waals surface area contributed by atoms with Gasteiger partial charge in [0.1, 0.15) is 0 Å². The number of benzene rings is 2. The van der Waals surface area contributed by atoms with E-state index < -0.39 is 0 Å². The molecule has 1 aliphatic carbocycles. The molecule has 2 aromatic carbocycles. The highest BCUT2D eigenvalue weighted by Gasteiger charge is 2.24. The number of imidazole rings is 1. The van der Waals surface area contributed by atoms with Gasteiger partial charge in [0, 0.05) is 41.5 Å². The summed E-state index contributed by atoms with van der Waals surface area (Å²) in [6.07, 6.45) is 11.0. The number of nitrogens with one attached hydrogen (secondary N) is 3. The van der Waals surface area contributed by atoms with Crippen molar-refractivity contribution in [1.82, 2.24) is 25.0 Å². The summed E-state index contributed by atoms with van der Waals surface area (Å²) in [5, 5.41) is 10.2. The molecule has 7 nitrogen and oxygen atoms in total. The second kappa shape index (κ2) is 10.1. The van der Waals surface area contributed by atoms with Crippen molar-refractivity contribution in [3.63, 3.8) is 0 Å². The molecule has 0 spiro atoms. The second-order valence-corrected chi connectivity index (χ2v) is 9.87. The first-order valence-electron chi connectivity index (χ1n) is 13.1. The number of hydrogen-bond acceptors (Lipinski definition) is 5. The fourth-order valence-corrected chi connectivity index (χ4v) is 4.89. The highest BCUT2D eigenvalue weighted by atomic mass is 16.1. The van der Waals surface area contributed by atoms with E-state index in [0.29, 0.717) is 17.6 Å². The number of carbonyl (C=O) groups excluding carboxylic acids is 1. The van der Waals surface area contributed by atoms with Crippen molar-refractivity contribution in [1.29, 1.82) is 0 Å². The molecule has 0 radical (unpaired) electrons. The summed E-state index contributed by atoms with van der Waals surface area (Å²) in [5.41, 5.74) is 5.41. The lowest BCUT2D eigenvalue weighted by Gasteiger charge is -2.23. The van der Waals surface area contributed by atoms with Crippen LogP contribution >= 0.6 is 0 Å². The topological polar surface area (TPSA) is 83.3 Å². The van der Waals surface area contributed by atoms with Crippen molar-refractivity contribution in [3.05, 3.63) is 72.6 Å². The zero-order valence-electron chi connectivity index (χ0n) is 20.4. The summed E-state index contributed by atoms with van der Waals surface area (Å²) in [6.45, 7) is 1.95. The van der Waals surface area contributed by atoms with Crippen LogP contribution in [0.3, 0.4) is 0 Å². The van der Waals surface area contributed by atoms with E-state index in [0.717, 1.165) is 66.3 Å². The largest absolute Gasteiger partial charge is 0.367 e. The predicted molar refractivity (Wildman–Crippen MR) is 143 cm³/mol. The van der Waals surface area contributed by atoms with E-state index in [1.54, 1.807) is 0 Å². The van der Waals surface area contributed by atoms with Crippen LogP contribution in [0.15, 0.2) is 67.0 Å². The van der Waals surface area contributed by atoms with E-state index in [-0.39, 0.29) is 5.91 Å². The van der Waals surface area contributed by atoms with Gasteiger partial charge in [0.15, 0.2) is 11.5 Å². The third kappa shape index (κ3) is 4.97. The number of fused-ring (bicyclic) bond motifs is 1. The van der Waals surface area contributed by atoms with Crippen molar-refractivity contribution < 1.29 is 4.79 Å². The van der Waals surface area contributed by atoms with Crippen LogP contribution in [0.4, 0.5) is 5.82 Å². The van der Waals surface area contributed by atoms with Crippen molar-refractivity contribution in [2.24, 2.45) is 0 Å². The van der Waals surface area contributed by atoms with Crippen molar-refractivity contribution in [2.45, 2.75) is 50.6 Å². The molecule has 36 heavy (non-hydrogen) atoms. The average molecular weight is 481 g/mol. The number of piperidine rings is 1. The second-order valence-electron chi connectivity index (χ2n) is 9.87. The minimum absolute atomic E-state index is 0.00306. The van der Waals surface area contributed by atoms with E-state index >= 15 is 0 Å². The summed E-state index contributed by atoms with van der Waals surface area (Å²) in [6, 6.07) is 18.9. The summed E-state index contributed by atoms with van der Waals surface area (Å²) in [7, 11) is 0. The molecule has 1 amide bonds. The molecular formula is C29H32N6O. The first-order chi connectivity index (χ1) is 17.7. The van der Waals surface area contributed by atoms with Crippen LogP contribution in [0.1, 0.15) is 48.9 Å². The Bertz CT molecular complexity index is 1340. The molecule has 2 aromatic heterocycles. The van der Waals surface area contributed by atoms with Crippen molar-refractivity contribution in [3.8, 4) is 22.5 Å². The maximum Gasteiger partial charge on any atom is 0.251 e. The molecule has 0 bridgehead atoms. The number of carbonyl (C=O) groups is 1. The Morgan fingerprint density at radius 3 is 2.58 bits per heavy atom. The van der Waals surface area contributed by atoms with Crippen LogP contribution in [0, 0.1) is 0 Å². The Balaban J connectivity index is 1.30. The smallest absolute Gasteiger partial charge is 0.251 e. The van der Waals surface area contributed by atoms with Gasteiger partial charge in [-0.2, -0.15) is 0 Å². The number of hydrogen-bond donors (Lipinski definition) is 3. The molecule has 6 rings (SSSR count). The molecule has 184 valence electrons. The fraction of sp³-hybridized carbons (Fsp3) is 0.345. The quantitative estimate of drug-likeness (QED) is 0.334. The summed E-state index contributed by atoms with van der Waals surface area (Å²) >= 11 is 0. The molecular weight excluding hydrogens is 448 g/mol. The van der Waals surface area contributed by atoms with E-state index in [4.69, 9.17) is 9.97 Å². The minimum atomic E-state index is -0.00306. The van der Waals surface area contributed by atoms with Crippen LogP contribution < -0.4 is 16.0 Å². The highest BCUT2D eigenvalue weighted by molar-refractivity contribution is 5.95. The standard InChI is InChI=1S/C29H32N6O/c36-29(33-24-13-14-24)22-11-9-21(10-12-22)26-18-32-28-27(31-17-15-23-8-4-5-16-30-23)34-25(19-35(26)28)20-6-2-1-3-7-20/h1-3,6-7,9-12,18-19,23-24,30H,4-5,8,13-17H2,(H,31,34)(H,33,36). The maximum absolute atomic E-state index is 12.4. The third-order valence-electron chi connectivity index (χ3n) is 7.11. The third-order valence-corrected chi connectivity index (χ3v) is 7.11. The lowest BCUT2D eigenvalue weighted by molar-refractivity contribution is 0.0951. The summed E-state index contributed by atoms with van der Waals surface area (Å²) in [5.74, 6) is 0.788. The van der Waals surface area contributed by atoms with E-state index in [2.05, 4.69) is 38.7 Å².